The molecule has 0 saturated heterocycles. The molecule has 6 heteroatoms. The Morgan fingerprint density at radius 2 is 1.86 bits per heavy atom. The summed E-state index contributed by atoms with van der Waals surface area (Å²) >= 11 is 0. The molecule has 0 amide bonds. The van der Waals surface area contributed by atoms with Crippen molar-refractivity contribution in [3.05, 3.63) is 53.9 Å². The molecule has 0 aliphatic rings. The highest BCUT2D eigenvalue weighted by molar-refractivity contribution is 5.89. The van der Waals surface area contributed by atoms with Crippen molar-refractivity contribution in [2.45, 2.75) is 13.3 Å². The van der Waals surface area contributed by atoms with Gasteiger partial charge >= 0.3 is 11.9 Å². The Balaban J connectivity index is 0.000000261. The van der Waals surface area contributed by atoms with Crippen molar-refractivity contribution in [2.75, 3.05) is 13.6 Å². The first-order valence-corrected chi connectivity index (χ1v) is 6.79. The van der Waals surface area contributed by atoms with Gasteiger partial charge in [-0.2, -0.15) is 0 Å². The second kappa shape index (κ2) is 8.63. The summed E-state index contributed by atoms with van der Waals surface area (Å²) in [5.41, 5.74) is 4.17. The van der Waals surface area contributed by atoms with E-state index in [1.54, 1.807) is 0 Å². The number of rotatable bonds is 5. The summed E-state index contributed by atoms with van der Waals surface area (Å²) in [4.78, 5) is 19.1. The first-order valence-electron chi connectivity index (χ1n) is 6.79. The van der Waals surface area contributed by atoms with Gasteiger partial charge in [-0.25, -0.2) is 9.59 Å². The quantitative estimate of drug-likeness (QED) is 0.732. The van der Waals surface area contributed by atoms with E-state index >= 15 is 0 Å². The summed E-state index contributed by atoms with van der Waals surface area (Å²) in [6.45, 7) is 3.22. The second-order valence-electron chi connectivity index (χ2n) is 4.65. The average Bonchev–Trinajstić information content (AvgIpc) is 2.79. The molecular weight excluding hydrogens is 284 g/mol. The molecule has 0 bridgehead atoms. The van der Waals surface area contributed by atoms with E-state index in [1.807, 2.05) is 7.05 Å². The van der Waals surface area contributed by atoms with Gasteiger partial charge in [0, 0.05) is 30.1 Å². The Bertz CT molecular complexity index is 658. The molecule has 0 aromatic carbocycles. The molecule has 2 rings (SSSR count). The van der Waals surface area contributed by atoms with Gasteiger partial charge in [-0.1, -0.05) is 6.07 Å². The summed E-state index contributed by atoms with van der Waals surface area (Å²) in [6, 6.07) is 6.34. The number of carboxylic acid groups (broad SMARTS) is 2. The van der Waals surface area contributed by atoms with Crippen molar-refractivity contribution in [3.8, 4) is 0 Å². The predicted octanol–water partition coefficient (Wildman–Crippen LogP) is 1.72. The molecule has 0 atom stereocenters. The molecule has 0 spiro atoms. The van der Waals surface area contributed by atoms with Gasteiger partial charge in [0.05, 0.1) is 0 Å². The van der Waals surface area contributed by atoms with E-state index in [2.05, 4.69) is 47.2 Å². The third kappa shape index (κ3) is 5.41. The minimum absolute atomic E-state index is 0.558. The average molecular weight is 304 g/mol. The van der Waals surface area contributed by atoms with Crippen LogP contribution in [0.2, 0.25) is 0 Å². The number of carboxylic acids is 2. The van der Waals surface area contributed by atoms with Crippen LogP contribution in [0, 0.1) is 6.92 Å². The van der Waals surface area contributed by atoms with E-state index in [0.29, 0.717) is 12.2 Å². The molecule has 22 heavy (non-hydrogen) atoms. The second-order valence-corrected chi connectivity index (χ2v) is 4.65. The minimum Gasteiger partial charge on any atom is -0.478 e. The fourth-order valence-corrected chi connectivity index (χ4v) is 2.03. The van der Waals surface area contributed by atoms with Crippen molar-refractivity contribution in [2.24, 2.45) is 0 Å². The number of hydrogen-bond acceptors (Lipinski definition) is 3. The number of fused-ring (bicyclic) bond motifs is 1. The van der Waals surface area contributed by atoms with Crippen LogP contribution in [0.1, 0.15) is 11.1 Å². The Morgan fingerprint density at radius 3 is 2.41 bits per heavy atom. The summed E-state index contributed by atoms with van der Waals surface area (Å²) < 4.78 is 2.19. The fourth-order valence-electron chi connectivity index (χ4n) is 2.03. The minimum atomic E-state index is -1.26. The molecule has 2 aromatic rings. The topological polar surface area (TPSA) is 91.0 Å². The monoisotopic (exact) mass is 304 g/mol. The van der Waals surface area contributed by atoms with Crippen LogP contribution in [0.25, 0.3) is 5.52 Å². The lowest BCUT2D eigenvalue weighted by Gasteiger charge is -2.00. The molecule has 0 aliphatic carbocycles. The normalized spacial score (nSPS) is 10.5. The van der Waals surface area contributed by atoms with E-state index in [4.69, 9.17) is 10.2 Å². The maximum absolute atomic E-state index is 9.55. The lowest BCUT2D eigenvalue weighted by Crippen LogP contribution is -2.10. The Labute approximate surface area is 128 Å². The van der Waals surface area contributed by atoms with Crippen LogP contribution in [-0.2, 0) is 16.0 Å². The lowest BCUT2D eigenvalue weighted by molar-refractivity contribution is -0.134. The smallest absolute Gasteiger partial charge is 0.328 e. The van der Waals surface area contributed by atoms with Crippen molar-refractivity contribution in [1.82, 2.24) is 9.72 Å². The fraction of sp³-hybridized carbons (Fsp3) is 0.250. The van der Waals surface area contributed by atoms with Gasteiger partial charge in [0.1, 0.15) is 0 Å². The van der Waals surface area contributed by atoms with Gasteiger partial charge in [-0.3, -0.25) is 0 Å². The van der Waals surface area contributed by atoms with Crippen molar-refractivity contribution in [3.63, 3.8) is 0 Å². The van der Waals surface area contributed by atoms with Crippen molar-refractivity contribution in [1.29, 1.82) is 0 Å². The number of pyridine rings is 1. The Hall–Kier alpha value is -2.60. The molecular formula is C16H20N2O4. The van der Waals surface area contributed by atoms with Gasteiger partial charge in [0.25, 0.3) is 0 Å². The molecule has 0 fully saturated rings. The number of aliphatic carboxylic acids is 2. The molecule has 2 aromatic heterocycles. The third-order valence-corrected chi connectivity index (χ3v) is 3.00. The molecule has 6 nitrogen and oxygen atoms in total. The van der Waals surface area contributed by atoms with Crippen LogP contribution < -0.4 is 5.32 Å². The number of aryl methyl sites for hydroxylation is 1. The Kier molecular flexibility index (Phi) is 6.85. The van der Waals surface area contributed by atoms with E-state index in [0.717, 1.165) is 13.0 Å². The van der Waals surface area contributed by atoms with Crippen LogP contribution in [0.3, 0.4) is 0 Å². The van der Waals surface area contributed by atoms with E-state index in [1.165, 1.54) is 16.6 Å². The molecule has 0 unspecified atom stereocenters. The van der Waals surface area contributed by atoms with Crippen LogP contribution in [-0.4, -0.2) is 40.1 Å². The van der Waals surface area contributed by atoms with Gasteiger partial charge in [-0.15, -0.1) is 0 Å². The molecule has 0 aliphatic heterocycles. The van der Waals surface area contributed by atoms with Crippen LogP contribution >= 0.6 is 0 Å². The Morgan fingerprint density at radius 1 is 1.23 bits per heavy atom. The summed E-state index contributed by atoms with van der Waals surface area (Å²) in [5.74, 6) is -2.51. The SMILES string of the molecule is CNCCc1c(C)cn2ccccc12.O=C(O)/C=C\C(=O)O. The van der Waals surface area contributed by atoms with Crippen molar-refractivity contribution < 1.29 is 19.8 Å². The summed E-state index contributed by atoms with van der Waals surface area (Å²) in [7, 11) is 1.99. The van der Waals surface area contributed by atoms with E-state index in [9.17, 15) is 9.59 Å². The predicted molar refractivity (Wildman–Crippen MR) is 84.2 cm³/mol. The first-order chi connectivity index (χ1) is 10.5. The maximum atomic E-state index is 9.55. The third-order valence-electron chi connectivity index (χ3n) is 3.00. The zero-order valence-electron chi connectivity index (χ0n) is 12.6. The van der Waals surface area contributed by atoms with Gasteiger partial charge in [0.2, 0.25) is 0 Å². The number of nitrogens with zero attached hydrogens (tertiary/aromatic N) is 1. The highest BCUT2D eigenvalue weighted by Crippen LogP contribution is 2.17. The molecule has 0 radical (unpaired) electrons. The molecule has 118 valence electrons. The highest BCUT2D eigenvalue weighted by Gasteiger charge is 2.05. The lowest BCUT2D eigenvalue weighted by atomic mass is 10.1. The van der Waals surface area contributed by atoms with Gasteiger partial charge in [-0.05, 0) is 50.2 Å². The largest absolute Gasteiger partial charge is 0.478 e. The first kappa shape index (κ1) is 17.5. The molecule has 0 saturated carbocycles. The number of nitrogens with one attached hydrogen (secondary N) is 1. The number of likely N-dealkylation sites (N-methyl/N-ethyl adjacent to an activating group) is 1. The van der Waals surface area contributed by atoms with Crippen LogP contribution in [0.5, 0.6) is 0 Å². The number of carbonyl (C=O) groups is 2. The summed E-state index contributed by atoms with van der Waals surface area (Å²) in [5, 5.41) is 18.8. The van der Waals surface area contributed by atoms with Crippen molar-refractivity contribution >= 4 is 17.5 Å². The van der Waals surface area contributed by atoms with E-state index in [-0.39, 0.29) is 0 Å². The van der Waals surface area contributed by atoms with Gasteiger partial charge < -0.3 is 19.9 Å². The molecule has 2 heterocycles. The molecule has 3 N–H and O–H groups in total. The standard InChI is InChI=1S/C12H16N2.C4H4O4/c1-10-9-14-8-4-3-5-12(14)11(10)6-7-13-2;5-3(6)1-2-4(7)8/h3-5,8-9,13H,6-7H2,1-2H3;1-2H,(H,5,6)(H,7,8)/b;2-1-. The summed E-state index contributed by atoms with van der Waals surface area (Å²) in [6.07, 6.45) is 6.51. The van der Waals surface area contributed by atoms with Crippen LogP contribution in [0.15, 0.2) is 42.7 Å². The highest BCUT2D eigenvalue weighted by atomic mass is 16.4. The zero-order chi connectivity index (χ0) is 16.5. The van der Waals surface area contributed by atoms with Crippen LogP contribution in [0.4, 0.5) is 0 Å². The number of hydrogen-bond donors (Lipinski definition) is 3. The van der Waals surface area contributed by atoms with E-state index < -0.39 is 11.9 Å². The van der Waals surface area contributed by atoms with Gasteiger partial charge in [0.15, 0.2) is 0 Å². The number of aromatic nitrogens is 1. The zero-order valence-corrected chi connectivity index (χ0v) is 12.6. The maximum Gasteiger partial charge on any atom is 0.328 e.